The number of aryl methyl sites for hydroxylation is 1. The van der Waals surface area contributed by atoms with Crippen molar-refractivity contribution >= 4 is 22.8 Å². The van der Waals surface area contributed by atoms with Crippen molar-refractivity contribution in [3.8, 4) is 11.3 Å². The lowest BCUT2D eigenvalue weighted by molar-refractivity contribution is -0.139. The number of hydrogen-bond acceptors (Lipinski definition) is 4. The number of amides is 1. The summed E-state index contributed by atoms with van der Waals surface area (Å²) in [6, 6.07) is 12.4. The number of anilines is 1. The summed E-state index contributed by atoms with van der Waals surface area (Å²) >= 11 is 0. The Morgan fingerprint density at radius 3 is 2.26 bits per heavy atom. The van der Waals surface area contributed by atoms with E-state index in [0.717, 1.165) is 48.6 Å². The molecule has 1 aromatic carbocycles. The van der Waals surface area contributed by atoms with E-state index in [4.69, 9.17) is 4.98 Å². The number of rotatable bonds is 3. The SMILES string of the molecule is Cn1c(=O)n(CC(C)(C)C)c2ccc(-c3cccc(N4CCN(C(=O)C(C)(C)C)CC4)c3)nc21. The van der Waals surface area contributed by atoms with Gasteiger partial charge in [-0.25, -0.2) is 9.78 Å². The highest BCUT2D eigenvalue weighted by Crippen LogP contribution is 2.27. The summed E-state index contributed by atoms with van der Waals surface area (Å²) in [4.78, 5) is 34.6. The summed E-state index contributed by atoms with van der Waals surface area (Å²) in [7, 11) is 1.79. The van der Waals surface area contributed by atoms with Crippen molar-refractivity contribution < 1.29 is 4.79 Å². The van der Waals surface area contributed by atoms with Gasteiger partial charge in [-0.3, -0.25) is 13.9 Å². The van der Waals surface area contributed by atoms with Crippen molar-refractivity contribution in [2.45, 2.75) is 48.1 Å². The van der Waals surface area contributed by atoms with E-state index in [2.05, 4.69) is 43.9 Å². The molecule has 0 spiro atoms. The Kier molecular flexibility index (Phi) is 6.08. The minimum Gasteiger partial charge on any atom is -0.368 e. The van der Waals surface area contributed by atoms with Gasteiger partial charge in [0.25, 0.3) is 0 Å². The van der Waals surface area contributed by atoms with Crippen LogP contribution < -0.4 is 10.6 Å². The highest BCUT2D eigenvalue weighted by Gasteiger charge is 2.29. The van der Waals surface area contributed by atoms with Crippen molar-refractivity contribution in [2.75, 3.05) is 31.1 Å². The second-order valence-corrected chi connectivity index (χ2v) is 11.6. The molecule has 7 heteroatoms. The maximum atomic E-state index is 12.9. The van der Waals surface area contributed by atoms with Crippen LogP contribution in [0.4, 0.5) is 5.69 Å². The zero-order valence-electron chi connectivity index (χ0n) is 21.6. The van der Waals surface area contributed by atoms with Gasteiger partial charge in [-0.2, -0.15) is 0 Å². The van der Waals surface area contributed by atoms with Gasteiger partial charge in [0.2, 0.25) is 5.91 Å². The molecule has 0 bridgehead atoms. The second-order valence-electron chi connectivity index (χ2n) is 11.6. The van der Waals surface area contributed by atoms with E-state index >= 15 is 0 Å². The summed E-state index contributed by atoms with van der Waals surface area (Å²) in [5.74, 6) is 0.211. The van der Waals surface area contributed by atoms with E-state index < -0.39 is 0 Å². The molecular formula is C27H37N5O2. The molecule has 4 rings (SSSR count). The van der Waals surface area contributed by atoms with E-state index in [1.54, 1.807) is 11.6 Å². The van der Waals surface area contributed by atoms with E-state index in [1.807, 2.05) is 48.4 Å². The van der Waals surface area contributed by atoms with E-state index in [9.17, 15) is 9.59 Å². The molecule has 3 heterocycles. The molecule has 1 saturated heterocycles. The van der Waals surface area contributed by atoms with E-state index in [0.29, 0.717) is 12.2 Å². The zero-order valence-corrected chi connectivity index (χ0v) is 21.6. The van der Waals surface area contributed by atoms with Crippen molar-refractivity contribution in [2.24, 2.45) is 17.9 Å². The fraction of sp³-hybridized carbons (Fsp3) is 0.519. The van der Waals surface area contributed by atoms with Crippen LogP contribution in [0.15, 0.2) is 41.2 Å². The van der Waals surface area contributed by atoms with Crippen molar-refractivity contribution in [1.29, 1.82) is 0 Å². The number of piperazine rings is 1. The average molecular weight is 464 g/mol. The van der Waals surface area contributed by atoms with Crippen LogP contribution in [0.25, 0.3) is 22.4 Å². The summed E-state index contributed by atoms with van der Waals surface area (Å²) in [6.07, 6.45) is 0. The predicted octanol–water partition coefficient (Wildman–Crippen LogP) is 4.14. The second kappa shape index (κ2) is 8.60. The third-order valence-electron chi connectivity index (χ3n) is 6.33. The summed E-state index contributed by atoms with van der Waals surface area (Å²) < 4.78 is 3.46. The molecule has 0 atom stereocenters. The van der Waals surface area contributed by atoms with Crippen LogP contribution in [-0.2, 0) is 18.4 Å². The van der Waals surface area contributed by atoms with Crippen LogP contribution in [0, 0.1) is 10.8 Å². The highest BCUT2D eigenvalue weighted by atomic mass is 16.2. The van der Waals surface area contributed by atoms with Crippen molar-refractivity contribution in [3.63, 3.8) is 0 Å². The fourth-order valence-electron chi connectivity index (χ4n) is 4.57. The topological polar surface area (TPSA) is 63.4 Å². The zero-order chi connectivity index (χ0) is 24.8. The van der Waals surface area contributed by atoms with Gasteiger partial charge in [0, 0.05) is 56.4 Å². The number of benzene rings is 1. The maximum absolute atomic E-state index is 12.9. The van der Waals surface area contributed by atoms with Gasteiger partial charge in [-0.1, -0.05) is 53.7 Å². The van der Waals surface area contributed by atoms with Gasteiger partial charge < -0.3 is 9.80 Å². The first-order valence-electron chi connectivity index (χ1n) is 12.1. The molecule has 3 aromatic rings. The maximum Gasteiger partial charge on any atom is 0.330 e. The smallest absolute Gasteiger partial charge is 0.330 e. The number of pyridine rings is 1. The Morgan fingerprint density at radius 1 is 0.971 bits per heavy atom. The Balaban J connectivity index is 1.59. The molecule has 7 nitrogen and oxygen atoms in total. The standard InChI is InChI=1S/C27H37N5O2/c1-26(2,3)18-32-22-12-11-21(28-23(22)29(7)25(32)34)19-9-8-10-20(17-19)30-13-15-31(16-14-30)24(33)27(4,5)6/h8-12,17H,13-16,18H2,1-7H3. The average Bonchev–Trinajstić information content (AvgIpc) is 3.01. The molecule has 0 unspecified atom stereocenters. The number of imidazole rings is 1. The molecule has 1 fully saturated rings. The molecule has 182 valence electrons. The third-order valence-corrected chi connectivity index (χ3v) is 6.33. The van der Waals surface area contributed by atoms with Crippen LogP contribution in [0.3, 0.4) is 0 Å². The first kappa shape index (κ1) is 24.0. The van der Waals surface area contributed by atoms with Crippen LogP contribution in [-0.4, -0.2) is 51.1 Å². The Bertz CT molecular complexity index is 1260. The Hall–Kier alpha value is -3.09. The largest absolute Gasteiger partial charge is 0.368 e. The number of carbonyl (C=O) groups is 1. The minimum atomic E-state index is -0.349. The van der Waals surface area contributed by atoms with Gasteiger partial charge in [-0.15, -0.1) is 0 Å². The van der Waals surface area contributed by atoms with Crippen molar-refractivity contribution in [3.05, 3.63) is 46.9 Å². The number of fused-ring (bicyclic) bond motifs is 1. The molecule has 0 aliphatic carbocycles. The lowest BCUT2D eigenvalue weighted by Gasteiger charge is -2.38. The van der Waals surface area contributed by atoms with Crippen LogP contribution in [0.2, 0.25) is 0 Å². The molecule has 2 aromatic heterocycles. The summed E-state index contributed by atoms with van der Waals surface area (Å²) in [5, 5.41) is 0. The monoisotopic (exact) mass is 463 g/mol. The van der Waals surface area contributed by atoms with E-state index in [-0.39, 0.29) is 22.4 Å². The molecule has 0 radical (unpaired) electrons. The van der Waals surface area contributed by atoms with Gasteiger partial charge >= 0.3 is 5.69 Å². The van der Waals surface area contributed by atoms with Crippen LogP contribution in [0.5, 0.6) is 0 Å². The number of aromatic nitrogens is 3. The number of nitrogens with zero attached hydrogens (tertiary/aromatic N) is 5. The normalized spacial score (nSPS) is 15.3. The molecule has 0 N–H and O–H groups in total. The lowest BCUT2D eigenvalue weighted by Crippen LogP contribution is -2.51. The third kappa shape index (κ3) is 4.74. The highest BCUT2D eigenvalue weighted by molar-refractivity contribution is 5.82. The van der Waals surface area contributed by atoms with E-state index in [1.165, 1.54) is 0 Å². The van der Waals surface area contributed by atoms with Gasteiger partial charge in [0.15, 0.2) is 5.65 Å². The number of carbonyl (C=O) groups excluding carboxylic acids is 1. The first-order chi connectivity index (χ1) is 15.8. The molecule has 1 amide bonds. The fourth-order valence-corrected chi connectivity index (χ4v) is 4.57. The molecule has 1 aliphatic heterocycles. The first-order valence-corrected chi connectivity index (χ1v) is 12.1. The van der Waals surface area contributed by atoms with Crippen LogP contribution >= 0.6 is 0 Å². The van der Waals surface area contributed by atoms with Gasteiger partial charge in [-0.05, 0) is 29.7 Å². The minimum absolute atomic E-state index is 0.00731. The van der Waals surface area contributed by atoms with Gasteiger partial charge in [0.1, 0.15) is 0 Å². The molecule has 0 saturated carbocycles. The predicted molar refractivity (Wildman–Crippen MR) is 138 cm³/mol. The van der Waals surface area contributed by atoms with Gasteiger partial charge in [0.05, 0.1) is 11.2 Å². The van der Waals surface area contributed by atoms with Crippen LogP contribution in [0.1, 0.15) is 41.5 Å². The molecule has 1 aliphatic rings. The molecular weight excluding hydrogens is 426 g/mol. The lowest BCUT2D eigenvalue weighted by atomic mass is 9.94. The Morgan fingerprint density at radius 2 is 1.65 bits per heavy atom. The summed E-state index contributed by atoms with van der Waals surface area (Å²) in [6.45, 7) is 16.0. The van der Waals surface area contributed by atoms with Crippen molar-refractivity contribution in [1.82, 2.24) is 19.0 Å². The quantitative estimate of drug-likeness (QED) is 0.586. The summed E-state index contributed by atoms with van der Waals surface area (Å²) in [5.41, 5.74) is 4.16. The Labute approximate surface area is 202 Å². The number of hydrogen-bond donors (Lipinski definition) is 0. The molecule has 34 heavy (non-hydrogen) atoms.